The van der Waals surface area contributed by atoms with E-state index >= 15 is 0 Å². The maximum absolute atomic E-state index is 13.9. The van der Waals surface area contributed by atoms with Crippen LogP contribution in [0, 0.1) is 29.6 Å². The first-order valence-electron chi connectivity index (χ1n) is 33.8. The second-order valence-corrected chi connectivity index (χ2v) is 42.7. The van der Waals surface area contributed by atoms with E-state index < -0.39 is 161 Å². The van der Waals surface area contributed by atoms with Gasteiger partial charge in [0.2, 0.25) is 45.3 Å². The molecular formula is C70H102Br4N2O23P2S4. The Morgan fingerprint density at radius 3 is 1.09 bits per heavy atom. The molecule has 0 aliphatic carbocycles. The Morgan fingerprint density at radius 1 is 0.524 bits per heavy atom. The van der Waals surface area contributed by atoms with E-state index in [1.807, 2.05) is 27.8 Å². The van der Waals surface area contributed by atoms with Gasteiger partial charge in [-0.15, -0.1) is 0 Å². The summed E-state index contributed by atoms with van der Waals surface area (Å²) in [6.07, 6.45) is -0.837. The van der Waals surface area contributed by atoms with Crippen LogP contribution in [0.5, 0.6) is 0 Å². The first-order chi connectivity index (χ1) is 49.0. The van der Waals surface area contributed by atoms with E-state index in [1.54, 1.807) is 88.2 Å². The maximum Gasteiger partial charge on any atom is 0.328 e. The molecule has 0 saturated carbocycles. The topological polar surface area (TPSA) is 306 Å². The van der Waals surface area contributed by atoms with Gasteiger partial charge < -0.3 is 70.7 Å². The van der Waals surface area contributed by atoms with Gasteiger partial charge >= 0.3 is 7.60 Å². The second-order valence-electron chi connectivity index (χ2n) is 27.0. The van der Waals surface area contributed by atoms with Crippen LogP contribution >= 0.6 is 78.9 Å². The van der Waals surface area contributed by atoms with Crippen molar-refractivity contribution in [2.45, 2.75) is 185 Å². The van der Waals surface area contributed by atoms with Crippen LogP contribution in [-0.4, -0.2) is 215 Å². The zero-order chi connectivity index (χ0) is 78.6. The number of likely N-dealkylation sites (N-methyl/N-ethyl adjacent to an activating group) is 2. The van der Waals surface area contributed by atoms with Gasteiger partial charge in [-0.3, -0.25) is 9.36 Å². The lowest BCUT2D eigenvalue weighted by Crippen LogP contribution is -2.45. The highest BCUT2D eigenvalue weighted by molar-refractivity contribution is 9.11. The van der Waals surface area contributed by atoms with Crippen molar-refractivity contribution in [3.63, 3.8) is 0 Å². The average molecular weight is 1850 g/mol. The minimum atomic E-state index is -4.01. The van der Waals surface area contributed by atoms with Crippen LogP contribution in [0.4, 0.5) is 0 Å². The number of hydrogen-bond acceptors (Lipinski definition) is 24. The Balaban J connectivity index is 0.000000304. The zero-order valence-corrected chi connectivity index (χ0v) is 73.7. The first kappa shape index (κ1) is 91.7. The van der Waals surface area contributed by atoms with Crippen LogP contribution in [0.3, 0.4) is 0 Å². The van der Waals surface area contributed by atoms with Gasteiger partial charge in [-0.25, -0.2) is 33.7 Å². The first-order valence-corrected chi connectivity index (χ1v) is 46.9. The van der Waals surface area contributed by atoms with E-state index in [1.165, 1.54) is 96.1 Å². The highest BCUT2D eigenvalue weighted by Gasteiger charge is 2.55. The normalized spacial score (nSPS) is 28.4. The number of nitrogens with zero attached hydrogens (tertiary/aromatic N) is 1. The molecule has 25 nitrogen and oxygen atoms in total. The summed E-state index contributed by atoms with van der Waals surface area (Å²) in [6.45, 7) is 21.0. The van der Waals surface area contributed by atoms with Crippen molar-refractivity contribution in [3.05, 3.63) is 127 Å². The molecule has 105 heavy (non-hydrogen) atoms. The number of benzene rings is 4. The van der Waals surface area contributed by atoms with E-state index in [4.69, 9.17) is 60.5 Å². The summed E-state index contributed by atoms with van der Waals surface area (Å²) in [4.78, 5) is 14.3. The quantitative estimate of drug-likeness (QED) is 0.0361. The fourth-order valence-electron chi connectivity index (χ4n) is 12.8. The molecular weight excluding hydrogens is 1750 g/mol. The van der Waals surface area contributed by atoms with Crippen molar-refractivity contribution in [2.24, 2.45) is 29.6 Å². The molecule has 0 radical (unpaired) electrons. The van der Waals surface area contributed by atoms with Crippen LogP contribution in [-0.2, 0) is 109 Å². The van der Waals surface area contributed by atoms with Gasteiger partial charge in [-0.2, -0.15) is 0 Å². The van der Waals surface area contributed by atoms with Gasteiger partial charge in [0, 0.05) is 96.7 Å². The van der Waals surface area contributed by atoms with E-state index in [2.05, 4.69) is 102 Å². The lowest BCUT2D eigenvalue weighted by Gasteiger charge is -2.39. The van der Waals surface area contributed by atoms with E-state index in [-0.39, 0.29) is 57.8 Å². The third-order valence-corrected chi connectivity index (χ3v) is 31.9. The van der Waals surface area contributed by atoms with Crippen molar-refractivity contribution in [3.8, 4) is 0 Å². The summed E-state index contributed by atoms with van der Waals surface area (Å²) >= 11 is 13.3. The fraction of sp³-hybridized carbons (Fsp3) is 0.600. The number of amides is 1. The molecule has 21 atom stereocenters. The minimum Gasteiger partial charge on any atom is -0.382 e. The molecule has 0 aromatic heterocycles. The van der Waals surface area contributed by atoms with Crippen LogP contribution in [0.2, 0.25) is 0 Å². The number of methoxy groups -OCH3 is 4. The van der Waals surface area contributed by atoms with Gasteiger partial charge in [0.25, 0.3) is 7.57 Å². The van der Waals surface area contributed by atoms with Gasteiger partial charge in [-0.1, -0.05) is 117 Å². The summed E-state index contributed by atoms with van der Waals surface area (Å²) in [5.41, 5.74) is -3.68. The van der Waals surface area contributed by atoms with Crippen molar-refractivity contribution in [1.29, 1.82) is 0 Å². The number of sulfone groups is 4. The third-order valence-electron chi connectivity index (χ3n) is 18.6. The standard InChI is InChI=1S/C36H52Br2NO12PS2.C27H35Br2O11PS2.C7H15N/c1-21(2)32(24(5)39(7)25(6)40)50-52(10,47-20-31-33(46-9)22(3)35(49-31)53(41,42)28-15-11-26(37)12-16-28)51-34-23(4)36(48-30(34)19-45-8)54(43,44)29-17-13-27(38)14-18-29;1-16-24(36-4)23(39-26(16)42(31,32)20-10-6-18(28)7-11-20)15-37-41(5,30)40-25-17(2)27(38-22(25)14-35-3)43(33,34)21-12-8-19(29)9-13-21;1-6(2)5-7(3)8-4/h11-18,21-24,30-36H,10,19-20H2,1-9H3;6-13,16-17,22-27H,14-15H2,1-5H3;5,7-8H,1-4H3/t22?,23?,24?,30-,31-,32?,33-,34-,35+,36+,52?;16?,17?,22-,23-,24-,25-,26+,27+,41?;/m11./s1. The second kappa shape index (κ2) is 39.5. The molecule has 4 saturated heterocycles. The van der Waals surface area contributed by atoms with Crippen molar-refractivity contribution in [1.82, 2.24) is 10.2 Å². The number of rotatable bonds is 31. The number of hydrogen-bond donors (Lipinski definition) is 1. The van der Waals surface area contributed by atoms with Crippen molar-refractivity contribution >= 4 is 130 Å². The van der Waals surface area contributed by atoms with Crippen molar-refractivity contribution in [2.75, 3.05) is 75.6 Å². The maximum atomic E-state index is 13.9. The molecule has 4 heterocycles. The summed E-state index contributed by atoms with van der Waals surface area (Å²) in [7, 11) is -14.0. The molecule has 4 aromatic rings. The molecule has 1 amide bonds. The predicted octanol–water partition coefficient (Wildman–Crippen LogP) is 13.0. The highest BCUT2D eigenvalue weighted by Crippen LogP contribution is 2.57. The number of halogens is 4. The number of allylic oxidation sites excluding steroid dienone is 1. The van der Waals surface area contributed by atoms with Crippen LogP contribution < -0.4 is 5.32 Å². The molecule has 0 bridgehead atoms. The molecule has 0 spiro atoms. The average Bonchev–Trinajstić information content (AvgIpc) is 1.65. The number of carbonyl (C=O) groups excluding carboxylic acids is 1. The Kier molecular flexibility index (Phi) is 34.5. The Bertz CT molecular complexity index is 4100. The molecule has 9 unspecified atom stereocenters. The van der Waals surface area contributed by atoms with Crippen LogP contribution in [0.25, 0.3) is 0 Å². The van der Waals surface area contributed by atoms with E-state index in [0.717, 1.165) is 17.9 Å². The van der Waals surface area contributed by atoms with Gasteiger partial charge in [0.05, 0.1) is 70.4 Å². The Hall–Kier alpha value is -2.22. The molecule has 4 aliphatic rings. The van der Waals surface area contributed by atoms with Crippen LogP contribution in [0.1, 0.15) is 76.2 Å². The molecule has 4 aromatic carbocycles. The zero-order valence-electron chi connectivity index (χ0n) is 62.3. The lowest BCUT2D eigenvalue weighted by atomic mass is 10.00. The largest absolute Gasteiger partial charge is 0.382 e. The monoisotopic (exact) mass is 1840 g/mol. The van der Waals surface area contributed by atoms with E-state index in [9.17, 15) is 43.0 Å². The number of ether oxygens (including phenoxy) is 8. The van der Waals surface area contributed by atoms with Gasteiger partial charge in [-0.05, 0) is 144 Å². The number of carbonyl (C=O) groups is 1. The Labute approximate surface area is 655 Å². The number of nitrogens with one attached hydrogen (secondary N) is 1. The fourth-order valence-corrected chi connectivity index (χ4v) is 24.3. The minimum absolute atomic E-state index is 0.00798. The summed E-state index contributed by atoms with van der Waals surface area (Å²) in [6, 6.07) is 25.1. The molecule has 1 N–H and O–H groups in total. The van der Waals surface area contributed by atoms with Gasteiger partial charge in [0.15, 0.2) is 21.7 Å². The molecule has 8 rings (SSSR count). The SMILES string of the molecule is C=P(OC[C@H]1O[C@@H](S(=O)(=O)c2ccc(Br)cc2)C(C)[C@H]1OC)(OC(C(C)C)C(C)N(C)C(C)=O)O[C@@H]1C(C)[C@H](S(=O)(=O)c2ccc(Br)cc2)O[C@@H]1COC.CNC(C)C=C(C)C.COC[C@H]1O[C@@H](S(=O)(=O)c2ccc(Br)cc2)C(C)[C@H]1OP(C)(=O)OC[C@H]1O[C@@H](S(=O)(=O)c2ccc(Br)cc2)C(C)[C@H]1OC. The predicted molar refractivity (Wildman–Crippen MR) is 417 cm³/mol. The van der Waals surface area contributed by atoms with E-state index in [0.29, 0.717) is 6.04 Å². The molecule has 4 fully saturated rings. The van der Waals surface area contributed by atoms with Gasteiger partial charge in [0.1, 0.15) is 36.6 Å². The lowest BCUT2D eigenvalue weighted by molar-refractivity contribution is -0.132. The molecule has 592 valence electrons. The third kappa shape index (κ3) is 23.2. The summed E-state index contributed by atoms with van der Waals surface area (Å²) in [5.74, 6) is -2.99. The summed E-state index contributed by atoms with van der Waals surface area (Å²) in [5, 5.41) is 3.12. The summed E-state index contributed by atoms with van der Waals surface area (Å²) < 4.78 is 203. The highest BCUT2D eigenvalue weighted by atomic mass is 79.9. The molecule has 4 aliphatic heterocycles. The molecule has 35 heteroatoms. The smallest absolute Gasteiger partial charge is 0.328 e. The Morgan fingerprint density at radius 2 is 0.819 bits per heavy atom. The van der Waals surface area contributed by atoms with Crippen LogP contribution in [0.15, 0.2) is 146 Å². The van der Waals surface area contributed by atoms with Crippen molar-refractivity contribution < 1.29 is 104 Å².